The van der Waals surface area contributed by atoms with Crippen LogP contribution in [0.3, 0.4) is 0 Å². The minimum Gasteiger partial charge on any atom is -0.490 e. The average Bonchev–Trinajstić information content (AvgIpc) is 2.86. The van der Waals surface area contributed by atoms with E-state index in [9.17, 15) is 13.2 Å². The molecule has 3 aromatic carbocycles. The largest absolute Gasteiger partial charge is 0.490 e. The summed E-state index contributed by atoms with van der Waals surface area (Å²) in [6.07, 6.45) is 5.04. The smallest absolute Gasteiger partial charge is 0.201 e. The first-order chi connectivity index (χ1) is 16.5. The molecule has 5 heteroatoms. The van der Waals surface area contributed by atoms with E-state index >= 15 is 0 Å². The fourth-order valence-electron chi connectivity index (χ4n) is 4.56. The van der Waals surface area contributed by atoms with Crippen LogP contribution in [-0.4, -0.2) is 19.3 Å². The number of rotatable bonds is 8. The van der Waals surface area contributed by atoms with Gasteiger partial charge < -0.3 is 9.47 Å². The van der Waals surface area contributed by atoms with Crippen LogP contribution >= 0.6 is 0 Å². The Morgan fingerprint density at radius 1 is 0.824 bits per heavy atom. The van der Waals surface area contributed by atoms with E-state index < -0.39 is 11.6 Å². The van der Waals surface area contributed by atoms with Crippen molar-refractivity contribution in [1.29, 1.82) is 0 Å². The normalized spacial score (nSPS) is 18.1. The van der Waals surface area contributed by atoms with Gasteiger partial charge >= 0.3 is 0 Å². The molecule has 3 aromatic rings. The monoisotopic (exact) mass is 468 g/mol. The summed E-state index contributed by atoms with van der Waals surface area (Å²) < 4.78 is 55.1. The van der Waals surface area contributed by atoms with Gasteiger partial charge in [-0.15, -0.1) is 0 Å². The zero-order valence-electron chi connectivity index (χ0n) is 19.8. The van der Waals surface area contributed by atoms with Gasteiger partial charge in [-0.2, -0.15) is 4.39 Å². The van der Waals surface area contributed by atoms with Gasteiger partial charge in [0.15, 0.2) is 11.6 Å². The summed E-state index contributed by atoms with van der Waals surface area (Å²) in [4.78, 5) is 0. The summed E-state index contributed by atoms with van der Waals surface area (Å²) in [7, 11) is 0. The number of halogens is 3. The van der Waals surface area contributed by atoms with Crippen molar-refractivity contribution in [3.8, 4) is 28.0 Å². The molecule has 0 N–H and O–H groups in total. The van der Waals surface area contributed by atoms with Crippen LogP contribution < -0.4 is 4.74 Å². The van der Waals surface area contributed by atoms with E-state index in [1.165, 1.54) is 12.1 Å². The second kappa shape index (κ2) is 11.1. The Morgan fingerprint density at radius 3 is 2.21 bits per heavy atom. The Labute approximate surface area is 199 Å². The molecular formula is C29H31F3O2. The standard InChI is InChI=1S/C29H31F3O2/c1-3-5-23-12-10-22(18-34-23)24-13-11-21(17-26(24)30)19-6-8-20(9-7-19)25-14-15-27(33-16-4-2)29(32)28(25)31/h6-9,11,13-15,17,22-23H,3-5,10,12,16,18H2,1-2H3. The molecule has 1 heterocycles. The van der Waals surface area contributed by atoms with E-state index in [-0.39, 0.29) is 23.0 Å². The van der Waals surface area contributed by atoms with Gasteiger partial charge in [0.05, 0.1) is 19.3 Å². The van der Waals surface area contributed by atoms with E-state index in [0.717, 1.165) is 36.8 Å². The minimum atomic E-state index is -0.986. The summed E-state index contributed by atoms with van der Waals surface area (Å²) in [5.41, 5.74) is 2.94. The number of benzene rings is 3. The molecule has 0 saturated carbocycles. The zero-order chi connectivity index (χ0) is 24.1. The number of hydrogen-bond acceptors (Lipinski definition) is 2. The van der Waals surface area contributed by atoms with Crippen LogP contribution in [0.5, 0.6) is 5.75 Å². The third kappa shape index (κ3) is 5.30. The first-order valence-electron chi connectivity index (χ1n) is 12.1. The fraction of sp³-hybridized carbons (Fsp3) is 0.379. The van der Waals surface area contributed by atoms with Gasteiger partial charge in [-0.25, -0.2) is 8.78 Å². The Bertz CT molecular complexity index is 1100. The van der Waals surface area contributed by atoms with Gasteiger partial charge in [0.2, 0.25) is 5.82 Å². The molecule has 1 aliphatic heterocycles. The molecular weight excluding hydrogens is 437 g/mol. The quantitative estimate of drug-likeness (QED) is 0.331. The highest BCUT2D eigenvalue weighted by atomic mass is 19.2. The molecule has 1 aliphatic rings. The minimum absolute atomic E-state index is 0.0756. The van der Waals surface area contributed by atoms with Crippen molar-refractivity contribution in [3.63, 3.8) is 0 Å². The molecule has 2 atom stereocenters. The van der Waals surface area contributed by atoms with Crippen LogP contribution in [0.25, 0.3) is 22.3 Å². The summed E-state index contributed by atoms with van der Waals surface area (Å²) in [5.74, 6) is -2.17. The topological polar surface area (TPSA) is 18.5 Å². The molecule has 0 aromatic heterocycles. The second-order valence-corrected chi connectivity index (χ2v) is 8.92. The van der Waals surface area contributed by atoms with Crippen molar-refractivity contribution < 1.29 is 22.6 Å². The maximum absolute atomic E-state index is 15.0. The van der Waals surface area contributed by atoms with Crippen molar-refractivity contribution in [3.05, 3.63) is 77.6 Å². The van der Waals surface area contributed by atoms with Gasteiger partial charge in [-0.1, -0.05) is 56.7 Å². The van der Waals surface area contributed by atoms with Crippen LogP contribution in [-0.2, 0) is 4.74 Å². The van der Waals surface area contributed by atoms with Crippen molar-refractivity contribution >= 4 is 0 Å². The van der Waals surface area contributed by atoms with Gasteiger partial charge in [0.25, 0.3) is 0 Å². The first kappa shape index (κ1) is 24.3. The van der Waals surface area contributed by atoms with E-state index in [4.69, 9.17) is 9.47 Å². The van der Waals surface area contributed by atoms with Crippen molar-refractivity contribution in [2.45, 2.75) is 58.0 Å². The van der Waals surface area contributed by atoms with Crippen LogP contribution in [0, 0.1) is 17.5 Å². The summed E-state index contributed by atoms with van der Waals surface area (Å²) in [6.45, 7) is 4.93. The fourth-order valence-corrected chi connectivity index (χ4v) is 4.56. The lowest BCUT2D eigenvalue weighted by molar-refractivity contribution is -0.00172. The molecule has 0 radical (unpaired) electrons. The van der Waals surface area contributed by atoms with Gasteiger partial charge in [0, 0.05) is 11.5 Å². The molecule has 0 aliphatic carbocycles. The predicted molar refractivity (Wildman–Crippen MR) is 130 cm³/mol. The molecule has 1 fully saturated rings. The molecule has 4 rings (SSSR count). The van der Waals surface area contributed by atoms with Crippen LogP contribution in [0.2, 0.25) is 0 Å². The molecule has 180 valence electrons. The lowest BCUT2D eigenvalue weighted by atomic mass is 9.89. The average molecular weight is 469 g/mol. The summed E-state index contributed by atoms with van der Waals surface area (Å²) in [6, 6.07) is 15.3. The van der Waals surface area contributed by atoms with Gasteiger partial charge in [-0.3, -0.25) is 0 Å². The Hall–Kier alpha value is -2.79. The highest BCUT2D eigenvalue weighted by Crippen LogP contribution is 2.34. The predicted octanol–water partition coefficient (Wildman–Crippen LogP) is 8.29. The molecule has 0 bridgehead atoms. The van der Waals surface area contributed by atoms with Crippen LogP contribution in [0.4, 0.5) is 13.2 Å². The summed E-state index contributed by atoms with van der Waals surface area (Å²) >= 11 is 0. The SMILES string of the molecule is CCCOc1ccc(-c2ccc(-c3ccc(C4CCC(CCC)OC4)c(F)c3)cc2)c(F)c1F. The Balaban J connectivity index is 1.49. The Kier molecular flexibility index (Phi) is 7.94. The lowest BCUT2D eigenvalue weighted by Crippen LogP contribution is -2.25. The molecule has 34 heavy (non-hydrogen) atoms. The molecule has 2 unspecified atom stereocenters. The number of ether oxygens (including phenoxy) is 2. The van der Waals surface area contributed by atoms with E-state index in [0.29, 0.717) is 36.9 Å². The van der Waals surface area contributed by atoms with E-state index in [1.807, 2.05) is 19.1 Å². The van der Waals surface area contributed by atoms with Gasteiger partial charge in [-0.05, 0) is 66.1 Å². The highest BCUT2D eigenvalue weighted by Gasteiger charge is 2.24. The summed E-state index contributed by atoms with van der Waals surface area (Å²) in [5, 5.41) is 0. The highest BCUT2D eigenvalue weighted by molar-refractivity contribution is 5.71. The number of hydrogen-bond donors (Lipinski definition) is 0. The van der Waals surface area contributed by atoms with Crippen molar-refractivity contribution in [1.82, 2.24) is 0 Å². The third-order valence-electron chi connectivity index (χ3n) is 6.46. The maximum Gasteiger partial charge on any atom is 0.201 e. The molecule has 1 saturated heterocycles. The van der Waals surface area contributed by atoms with Crippen molar-refractivity contribution in [2.75, 3.05) is 13.2 Å². The Morgan fingerprint density at radius 2 is 1.56 bits per heavy atom. The van der Waals surface area contributed by atoms with Crippen LogP contribution in [0.1, 0.15) is 57.4 Å². The third-order valence-corrected chi connectivity index (χ3v) is 6.46. The zero-order valence-corrected chi connectivity index (χ0v) is 19.8. The molecule has 0 spiro atoms. The van der Waals surface area contributed by atoms with Crippen LogP contribution in [0.15, 0.2) is 54.6 Å². The second-order valence-electron chi connectivity index (χ2n) is 8.92. The molecule has 2 nitrogen and oxygen atoms in total. The van der Waals surface area contributed by atoms with Crippen molar-refractivity contribution in [2.24, 2.45) is 0 Å². The van der Waals surface area contributed by atoms with E-state index in [1.54, 1.807) is 30.3 Å². The first-order valence-corrected chi connectivity index (χ1v) is 12.1. The van der Waals surface area contributed by atoms with E-state index in [2.05, 4.69) is 6.92 Å². The van der Waals surface area contributed by atoms with Gasteiger partial charge in [0.1, 0.15) is 5.82 Å². The molecule has 0 amide bonds. The maximum atomic E-state index is 15.0. The lowest BCUT2D eigenvalue weighted by Gasteiger charge is -2.29.